The van der Waals surface area contributed by atoms with Gasteiger partial charge in [-0.2, -0.15) is 5.26 Å². The molecule has 1 aliphatic heterocycles. The minimum Gasteiger partial charge on any atom is -0.378 e. The van der Waals surface area contributed by atoms with E-state index in [-0.39, 0.29) is 0 Å². The summed E-state index contributed by atoms with van der Waals surface area (Å²) in [6.07, 6.45) is 8.11. The van der Waals surface area contributed by atoms with Gasteiger partial charge in [0.2, 0.25) is 0 Å². The van der Waals surface area contributed by atoms with E-state index in [4.69, 9.17) is 5.26 Å². The van der Waals surface area contributed by atoms with Gasteiger partial charge in [-0.3, -0.25) is 0 Å². The van der Waals surface area contributed by atoms with E-state index >= 15 is 0 Å². The molecule has 0 N–H and O–H groups in total. The van der Waals surface area contributed by atoms with E-state index < -0.39 is 0 Å². The van der Waals surface area contributed by atoms with Crippen LogP contribution in [0.1, 0.15) is 5.56 Å². The van der Waals surface area contributed by atoms with Crippen molar-refractivity contribution in [3.05, 3.63) is 58.8 Å². The largest absolute Gasteiger partial charge is 0.378 e. The van der Waals surface area contributed by atoms with Gasteiger partial charge in [0, 0.05) is 25.4 Å². The van der Waals surface area contributed by atoms with E-state index in [0.29, 0.717) is 9.13 Å². The zero-order valence-corrected chi connectivity index (χ0v) is 12.1. The van der Waals surface area contributed by atoms with Crippen LogP contribution in [0.15, 0.2) is 53.3 Å². The second-order valence-electron chi connectivity index (χ2n) is 4.46. The number of hydrogen-bond donors (Lipinski definition) is 0. The topological polar surface area (TPSA) is 27.0 Å². The number of nitriles is 1. The van der Waals surface area contributed by atoms with Crippen LogP contribution in [0.5, 0.6) is 0 Å². The quantitative estimate of drug-likeness (QED) is 0.784. The molecule has 0 spiro atoms. The lowest BCUT2D eigenvalue weighted by atomic mass is 10.2. The fraction of sp³-hybridized carbons (Fsp3) is 0.125. The van der Waals surface area contributed by atoms with Crippen molar-refractivity contribution in [3.63, 3.8) is 0 Å². The molecule has 1 radical (unpaired) electrons. The molecule has 2 nitrogen and oxygen atoms in total. The Morgan fingerprint density at radius 2 is 1.84 bits per heavy atom. The maximum absolute atomic E-state index is 8.76. The molecule has 93 valence electrons. The highest BCUT2D eigenvalue weighted by molar-refractivity contribution is 6.59. The Bertz CT molecular complexity index is 611. The molecular weight excluding hydrogens is 248 g/mol. The van der Waals surface area contributed by atoms with Crippen molar-refractivity contribution in [2.24, 2.45) is 0 Å². The Balaban J connectivity index is 2.08. The molecule has 0 amide bonds. The van der Waals surface area contributed by atoms with E-state index in [1.54, 1.807) is 0 Å². The molecule has 0 aromatic heterocycles. The second-order valence-corrected chi connectivity index (χ2v) is 5.62. The Morgan fingerprint density at radius 1 is 1.11 bits per heavy atom. The average molecular weight is 263 g/mol. The second kappa shape index (κ2) is 6.12. The third kappa shape index (κ3) is 3.64. The van der Waals surface area contributed by atoms with E-state index in [1.165, 1.54) is 16.4 Å². The van der Waals surface area contributed by atoms with Crippen molar-refractivity contribution in [1.82, 2.24) is 0 Å². The maximum Gasteiger partial charge on any atom is 0.0987 e. The van der Waals surface area contributed by atoms with Crippen molar-refractivity contribution < 1.29 is 0 Å². The van der Waals surface area contributed by atoms with Gasteiger partial charge in [-0.1, -0.05) is 36.0 Å². The summed E-state index contributed by atoms with van der Waals surface area (Å²) in [6.45, 7) is 0. The summed E-state index contributed by atoms with van der Waals surface area (Å²) < 4.78 is 0. The minimum atomic E-state index is 0.576. The molecule has 1 heterocycles. The summed E-state index contributed by atoms with van der Waals surface area (Å²) in [4.78, 5) is 2.09. The van der Waals surface area contributed by atoms with Crippen molar-refractivity contribution in [2.75, 3.05) is 19.0 Å². The third-order valence-corrected chi connectivity index (χ3v) is 3.95. The van der Waals surface area contributed by atoms with Gasteiger partial charge in [0.05, 0.1) is 15.2 Å². The Morgan fingerprint density at radius 3 is 2.37 bits per heavy atom. The normalized spacial score (nSPS) is 13.9. The first-order chi connectivity index (χ1) is 9.19. The van der Waals surface area contributed by atoms with Gasteiger partial charge in [-0.15, -0.1) is 0 Å². The minimum absolute atomic E-state index is 0.576. The first-order valence-corrected chi connectivity index (χ1v) is 7.14. The van der Waals surface area contributed by atoms with Crippen molar-refractivity contribution >= 4 is 26.6 Å². The lowest BCUT2D eigenvalue weighted by Crippen LogP contribution is -2.07. The van der Waals surface area contributed by atoms with Crippen LogP contribution in [0.4, 0.5) is 5.69 Å². The number of hydrogen-bond acceptors (Lipinski definition) is 2. The van der Waals surface area contributed by atoms with E-state index in [9.17, 15) is 0 Å². The van der Waals surface area contributed by atoms with E-state index in [1.807, 2.05) is 31.9 Å². The van der Waals surface area contributed by atoms with Crippen LogP contribution in [0.25, 0.3) is 6.08 Å². The molecule has 0 saturated carbocycles. The molecule has 3 heteroatoms. The van der Waals surface area contributed by atoms with Crippen LogP contribution < -0.4 is 4.90 Å². The highest BCUT2D eigenvalue weighted by Gasteiger charge is 1.97. The molecule has 0 unspecified atom stereocenters. The highest BCUT2D eigenvalue weighted by atomic mass is 28.2. The van der Waals surface area contributed by atoms with Gasteiger partial charge in [0.1, 0.15) is 0 Å². The van der Waals surface area contributed by atoms with Crippen LogP contribution >= 0.6 is 0 Å². The zero-order valence-electron chi connectivity index (χ0n) is 11.1. The molecule has 0 aliphatic carbocycles. The van der Waals surface area contributed by atoms with Crippen molar-refractivity contribution in [2.45, 2.75) is 0 Å². The van der Waals surface area contributed by atoms with Crippen LogP contribution in [0.2, 0.25) is 0 Å². The van der Waals surface area contributed by atoms with Gasteiger partial charge in [0.25, 0.3) is 0 Å². The standard InChI is InChI=1S/C16H15N2Si/c1-18(2)15-7-3-13(4-8-15)5-9-16-10-6-14(11-17)12-19-16/h3-10,12H,1-2H3/b9-5+. The number of allylic oxidation sites excluding steroid dienone is 5. The Labute approximate surface area is 116 Å². The van der Waals surface area contributed by atoms with Crippen molar-refractivity contribution in [1.29, 1.82) is 5.26 Å². The monoisotopic (exact) mass is 263 g/mol. The smallest absolute Gasteiger partial charge is 0.0987 e. The SMILES string of the molecule is CN(C)c1ccc(/C=C/C2=CC=C(C#N)C=[Si]2)cc1. The van der Waals surface area contributed by atoms with E-state index in [2.05, 4.69) is 47.4 Å². The van der Waals surface area contributed by atoms with Crippen molar-refractivity contribution in [3.8, 4) is 6.07 Å². The zero-order chi connectivity index (χ0) is 13.7. The fourth-order valence-corrected chi connectivity index (χ4v) is 2.52. The van der Waals surface area contributed by atoms with Crippen LogP contribution in [-0.2, 0) is 0 Å². The molecule has 1 aliphatic rings. The molecule has 1 aromatic rings. The lowest BCUT2D eigenvalue weighted by Gasteiger charge is -2.11. The highest BCUT2D eigenvalue weighted by Crippen LogP contribution is 2.14. The maximum atomic E-state index is 8.76. The lowest BCUT2D eigenvalue weighted by molar-refractivity contribution is 1.13. The summed E-state index contributed by atoms with van der Waals surface area (Å²) in [7, 11) is 4.65. The predicted octanol–water partition coefficient (Wildman–Crippen LogP) is 2.62. The van der Waals surface area contributed by atoms with Gasteiger partial charge in [0.15, 0.2) is 0 Å². The molecule has 0 fully saturated rings. The van der Waals surface area contributed by atoms with Crippen LogP contribution in [0.3, 0.4) is 0 Å². The summed E-state index contributed by atoms with van der Waals surface area (Å²) in [6, 6.07) is 10.6. The molecule has 2 rings (SSSR count). The molecule has 0 atom stereocenters. The number of rotatable bonds is 3. The molecule has 1 aromatic carbocycles. The first-order valence-electron chi connectivity index (χ1n) is 6.06. The number of benzene rings is 1. The van der Waals surface area contributed by atoms with Gasteiger partial charge < -0.3 is 4.90 Å². The molecule has 0 bridgehead atoms. The van der Waals surface area contributed by atoms with E-state index in [0.717, 1.165) is 5.57 Å². The fourth-order valence-electron chi connectivity index (χ4n) is 1.68. The molecular formula is C16H15N2Si. The average Bonchev–Trinajstić information content (AvgIpc) is 2.46. The predicted molar refractivity (Wildman–Crippen MR) is 83.4 cm³/mol. The molecule has 0 saturated heterocycles. The Hall–Kier alpha value is -2.18. The summed E-state index contributed by atoms with van der Waals surface area (Å²) in [5.41, 5.74) is 5.12. The van der Waals surface area contributed by atoms with Gasteiger partial charge in [-0.05, 0) is 29.0 Å². The summed E-state index contributed by atoms with van der Waals surface area (Å²) in [5, 5.41) is 10.0. The third-order valence-electron chi connectivity index (χ3n) is 2.83. The Kier molecular flexibility index (Phi) is 4.27. The summed E-state index contributed by atoms with van der Waals surface area (Å²) >= 11 is 0. The number of anilines is 1. The van der Waals surface area contributed by atoms with Gasteiger partial charge >= 0.3 is 0 Å². The van der Waals surface area contributed by atoms with Gasteiger partial charge in [-0.25, -0.2) is 0 Å². The molecule has 19 heavy (non-hydrogen) atoms. The first kappa shape index (κ1) is 13.3. The van der Waals surface area contributed by atoms with Crippen LogP contribution in [-0.4, -0.2) is 28.9 Å². The summed E-state index contributed by atoms with van der Waals surface area (Å²) in [5.74, 6) is 0. The number of nitrogens with zero attached hydrogens (tertiary/aromatic N) is 2. The van der Waals surface area contributed by atoms with Crippen LogP contribution in [0, 0.1) is 11.3 Å².